The summed E-state index contributed by atoms with van der Waals surface area (Å²) < 4.78 is 34.6. The van der Waals surface area contributed by atoms with E-state index in [1.807, 2.05) is 0 Å². The van der Waals surface area contributed by atoms with E-state index >= 15 is 0 Å². The highest BCUT2D eigenvalue weighted by Crippen LogP contribution is 2.60. The Bertz CT molecular complexity index is 1530. The van der Waals surface area contributed by atoms with Crippen molar-refractivity contribution < 1.29 is 13.2 Å². The van der Waals surface area contributed by atoms with E-state index in [-0.39, 0.29) is 11.4 Å². The van der Waals surface area contributed by atoms with Crippen molar-refractivity contribution in [2.24, 2.45) is 23.2 Å². The summed E-state index contributed by atoms with van der Waals surface area (Å²) in [5.41, 5.74) is 2.19. The van der Waals surface area contributed by atoms with Gasteiger partial charge in [0.2, 0.25) is 10.0 Å². The smallest absolute Gasteiger partial charge is 0.243 e. The summed E-state index contributed by atoms with van der Waals surface area (Å²) in [5, 5.41) is 4.49. The molecule has 4 bridgehead atoms. The summed E-state index contributed by atoms with van der Waals surface area (Å²) in [7, 11) is -3.76. The van der Waals surface area contributed by atoms with Gasteiger partial charge >= 0.3 is 0 Å². The predicted octanol–water partition coefficient (Wildman–Crippen LogP) is 6.95. The third-order valence-electron chi connectivity index (χ3n) is 9.34. The number of sulfonamides is 1. The standard InChI is InChI=1S/C30H32Cl2N4O3S/c31-26-5-4-23(12-27(26)32)39-22-2-1-3-24(11-22)40(37,38)36-7-6-25-28(16-36)34-18-35-29(25)33-17-30-13-19-8-20(14-30)10-21(9-19)15-30/h1-5,11-12,18-21H,6-10,13-17H2,(H,33,34,35). The molecule has 7 nitrogen and oxygen atoms in total. The number of aromatic nitrogens is 2. The second-order valence-corrected chi connectivity index (χ2v) is 14.9. The zero-order valence-corrected chi connectivity index (χ0v) is 24.5. The molecule has 2 aromatic carbocycles. The van der Waals surface area contributed by atoms with Gasteiger partial charge in [0.1, 0.15) is 23.6 Å². The third kappa shape index (κ3) is 4.97. The lowest BCUT2D eigenvalue weighted by Gasteiger charge is -2.57. The van der Waals surface area contributed by atoms with E-state index in [0.717, 1.165) is 41.4 Å². The van der Waals surface area contributed by atoms with Gasteiger partial charge in [0.15, 0.2) is 0 Å². The number of hydrogen-bond acceptors (Lipinski definition) is 6. The van der Waals surface area contributed by atoms with Crippen molar-refractivity contribution in [1.29, 1.82) is 0 Å². The lowest BCUT2D eigenvalue weighted by molar-refractivity contribution is -0.0444. The summed E-state index contributed by atoms with van der Waals surface area (Å²) in [6.45, 7) is 1.53. The molecule has 0 unspecified atom stereocenters. The average molecular weight is 600 g/mol. The third-order valence-corrected chi connectivity index (χ3v) is 11.9. The number of benzene rings is 2. The van der Waals surface area contributed by atoms with Crippen molar-refractivity contribution in [3.63, 3.8) is 0 Å². The molecule has 1 aromatic heterocycles. The zero-order chi connectivity index (χ0) is 27.5. The minimum absolute atomic E-state index is 0.169. The Hall–Kier alpha value is -2.39. The van der Waals surface area contributed by atoms with E-state index in [9.17, 15) is 8.42 Å². The highest BCUT2D eigenvalue weighted by molar-refractivity contribution is 7.89. The molecular formula is C30H32Cl2N4O3S. The SMILES string of the molecule is O=S(=O)(c1cccc(Oc2ccc(Cl)c(Cl)c2)c1)N1CCc2c(ncnc2NCC23CC4CC(CC(C4)C2)C3)C1. The van der Waals surface area contributed by atoms with Gasteiger partial charge < -0.3 is 10.1 Å². The summed E-state index contributed by atoms with van der Waals surface area (Å²) in [5.74, 6) is 4.45. The van der Waals surface area contributed by atoms with E-state index in [0.29, 0.717) is 39.9 Å². The molecule has 10 heteroatoms. The highest BCUT2D eigenvalue weighted by Gasteiger charge is 2.50. The van der Waals surface area contributed by atoms with Crippen LogP contribution in [0.1, 0.15) is 49.8 Å². The van der Waals surface area contributed by atoms with Crippen molar-refractivity contribution >= 4 is 39.0 Å². The minimum atomic E-state index is -3.76. The van der Waals surface area contributed by atoms with E-state index in [1.165, 1.54) is 48.9 Å². The van der Waals surface area contributed by atoms with Gasteiger partial charge in [-0.2, -0.15) is 4.31 Å². The molecule has 5 aliphatic rings. The first-order valence-corrected chi connectivity index (χ1v) is 16.3. The summed E-state index contributed by atoms with van der Waals surface area (Å²) in [6.07, 6.45) is 10.4. The van der Waals surface area contributed by atoms with E-state index in [1.54, 1.807) is 42.7 Å². The minimum Gasteiger partial charge on any atom is -0.457 e. The maximum absolute atomic E-state index is 13.6. The van der Waals surface area contributed by atoms with Gasteiger partial charge in [-0.3, -0.25) is 0 Å². The van der Waals surface area contributed by atoms with Crippen molar-refractivity contribution in [2.45, 2.75) is 56.4 Å². The summed E-state index contributed by atoms with van der Waals surface area (Å²) in [6, 6.07) is 11.4. The van der Waals surface area contributed by atoms with Crippen LogP contribution in [0.4, 0.5) is 5.82 Å². The van der Waals surface area contributed by atoms with Crippen LogP contribution < -0.4 is 10.1 Å². The van der Waals surface area contributed by atoms with Gasteiger partial charge in [0.25, 0.3) is 0 Å². The molecule has 40 heavy (non-hydrogen) atoms. The summed E-state index contributed by atoms with van der Waals surface area (Å²) >= 11 is 12.1. The van der Waals surface area contributed by atoms with E-state index in [4.69, 9.17) is 27.9 Å². The number of hydrogen-bond donors (Lipinski definition) is 1. The molecule has 3 aromatic rings. The van der Waals surface area contributed by atoms with Crippen LogP contribution in [-0.2, 0) is 23.0 Å². The molecule has 1 N–H and O–H groups in total. The van der Waals surface area contributed by atoms with Gasteiger partial charge in [-0.05, 0) is 92.4 Å². The molecule has 2 heterocycles. The highest BCUT2D eigenvalue weighted by atomic mass is 35.5. The molecule has 0 amide bonds. The molecule has 4 aliphatic carbocycles. The average Bonchev–Trinajstić information content (AvgIpc) is 2.93. The van der Waals surface area contributed by atoms with Crippen molar-refractivity contribution in [3.05, 3.63) is 70.1 Å². The molecule has 0 radical (unpaired) electrons. The quantitative estimate of drug-likeness (QED) is 0.317. The Morgan fingerprint density at radius 2 is 1.68 bits per heavy atom. The fourth-order valence-corrected chi connectivity index (χ4v) is 9.71. The first-order valence-electron chi connectivity index (χ1n) is 14.1. The second-order valence-electron chi connectivity index (χ2n) is 12.2. The maximum atomic E-state index is 13.6. The molecule has 4 saturated carbocycles. The Labute approximate surface area is 245 Å². The molecule has 0 spiro atoms. The first-order chi connectivity index (χ1) is 19.3. The van der Waals surface area contributed by atoms with Crippen LogP contribution in [0.3, 0.4) is 0 Å². The number of fused-ring (bicyclic) bond motifs is 1. The maximum Gasteiger partial charge on any atom is 0.243 e. The van der Waals surface area contributed by atoms with E-state index in [2.05, 4.69) is 15.3 Å². The predicted molar refractivity (Wildman–Crippen MR) is 155 cm³/mol. The van der Waals surface area contributed by atoms with Gasteiger partial charge in [0.05, 0.1) is 27.2 Å². The Balaban J connectivity index is 1.06. The van der Waals surface area contributed by atoms with Gasteiger partial charge in [-0.15, -0.1) is 0 Å². The van der Waals surface area contributed by atoms with Crippen LogP contribution in [0.25, 0.3) is 0 Å². The van der Waals surface area contributed by atoms with E-state index < -0.39 is 10.0 Å². The van der Waals surface area contributed by atoms with Crippen LogP contribution in [0.5, 0.6) is 11.5 Å². The van der Waals surface area contributed by atoms with Crippen molar-refractivity contribution in [1.82, 2.24) is 14.3 Å². The fraction of sp³-hybridized carbons (Fsp3) is 0.467. The van der Waals surface area contributed by atoms with Crippen LogP contribution >= 0.6 is 23.2 Å². The Kier molecular flexibility index (Phi) is 6.73. The van der Waals surface area contributed by atoms with Crippen LogP contribution in [0, 0.1) is 23.2 Å². The molecule has 0 saturated heterocycles. The lowest BCUT2D eigenvalue weighted by Crippen LogP contribution is -2.49. The number of nitrogens with zero attached hydrogens (tertiary/aromatic N) is 3. The number of ether oxygens (including phenoxy) is 1. The topological polar surface area (TPSA) is 84.4 Å². The van der Waals surface area contributed by atoms with Crippen molar-refractivity contribution in [3.8, 4) is 11.5 Å². The Morgan fingerprint density at radius 1 is 0.950 bits per heavy atom. The number of rotatable bonds is 7. The molecule has 210 valence electrons. The van der Waals surface area contributed by atoms with Crippen LogP contribution in [0.15, 0.2) is 53.7 Å². The summed E-state index contributed by atoms with van der Waals surface area (Å²) in [4.78, 5) is 9.26. The Morgan fingerprint density at radius 3 is 2.40 bits per heavy atom. The van der Waals surface area contributed by atoms with Gasteiger partial charge in [-0.25, -0.2) is 18.4 Å². The first kappa shape index (κ1) is 26.5. The van der Waals surface area contributed by atoms with Gasteiger partial charge in [0, 0.05) is 30.8 Å². The zero-order valence-electron chi connectivity index (χ0n) is 22.2. The normalized spacial score (nSPS) is 27.4. The fourth-order valence-electron chi connectivity index (χ4n) is 7.99. The molecule has 4 fully saturated rings. The van der Waals surface area contributed by atoms with Crippen LogP contribution in [-0.4, -0.2) is 35.8 Å². The van der Waals surface area contributed by atoms with Crippen molar-refractivity contribution in [2.75, 3.05) is 18.4 Å². The second kappa shape index (κ2) is 10.2. The lowest BCUT2D eigenvalue weighted by atomic mass is 9.49. The van der Waals surface area contributed by atoms with Gasteiger partial charge in [-0.1, -0.05) is 29.3 Å². The molecule has 0 atom stereocenters. The monoisotopic (exact) mass is 598 g/mol. The number of nitrogens with one attached hydrogen (secondary N) is 1. The largest absolute Gasteiger partial charge is 0.457 e. The number of halogens is 2. The molecular weight excluding hydrogens is 567 g/mol. The molecule has 8 rings (SSSR count). The number of anilines is 1. The molecule has 1 aliphatic heterocycles. The van der Waals surface area contributed by atoms with Crippen LogP contribution in [0.2, 0.25) is 10.0 Å².